The molecule has 0 aliphatic rings. The van der Waals surface area contributed by atoms with E-state index in [1.165, 1.54) is 16.7 Å². The van der Waals surface area contributed by atoms with Gasteiger partial charge in [0, 0.05) is 6.42 Å². The molecule has 16 heavy (non-hydrogen) atoms. The van der Waals surface area contributed by atoms with Gasteiger partial charge in [0.05, 0.1) is 4.83 Å². The molecule has 0 N–H and O–H groups in total. The first-order valence-electron chi connectivity index (χ1n) is 5.77. The Kier molecular flexibility index (Phi) is 5.20. The average molecular weight is 283 g/mol. The monoisotopic (exact) mass is 282 g/mol. The summed E-state index contributed by atoms with van der Waals surface area (Å²) >= 11 is 3.48. The molecule has 0 saturated heterocycles. The lowest BCUT2D eigenvalue weighted by Gasteiger charge is -2.10. The predicted molar refractivity (Wildman–Crippen MR) is 72.3 cm³/mol. The van der Waals surface area contributed by atoms with Crippen LogP contribution in [0.2, 0.25) is 0 Å². The number of Topliss-reactive ketones (excluding diaryl/α,β-unsaturated/α-hetero) is 1. The lowest BCUT2D eigenvalue weighted by molar-refractivity contribution is -0.118. The van der Waals surface area contributed by atoms with E-state index in [1.807, 2.05) is 6.92 Å². The van der Waals surface area contributed by atoms with Crippen LogP contribution >= 0.6 is 15.9 Å². The van der Waals surface area contributed by atoms with Crippen LogP contribution in [0.3, 0.4) is 0 Å². The Hall–Kier alpha value is -0.630. The molecule has 0 aliphatic carbocycles. The fourth-order valence-corrected chi connectivity index (χ4v) is 2.51. The summed E-state index contributed by atoms with van der Waals surface area (Å²) in [6, 6.07) is 6.46. The molecule has 0 amide bonds. The van der Waals surface area contributed by atoms with Gasteiger partial charge in [-0.2, -0.15) is 0 Å². The molecule has 1 atom stereocenters. The second kappa shape index (κ2) is 6.19. The zero-order valence-corrected chi connectivity index (χ0v) is 11.8. The highest BCUT2D eigenvalue weighted by molar-refractivity contribution is 9.10. The number of hydrogen-bond donors (Lipinski definition) is 0. The first-order chi connectivity index (χ1) is 7.52. The van der Waals surface area contributed by atoms with E-state index in [2.05, 4.69) is 48.0 Å². The smallest absolute Gasteiger partial charge is 0.146 e. The van der Waals surface area contributed by atoms with Crippen molar-refractivity contribution in [3.8, 4) is 0 Å². The van der Waals surface area contributed by atoms with Gasteiger partial charge in [-0.05, 0) is 32.3 Å². The molecule has 0 aliphatic heterocycles. The van der Waals surface area contributed by atoms with E-state index in [-0.39, 0.29) is 4.83 Å². The van der Waals surface area contributed by atoms with Crippen molar-refractivity contribution in [2.75, 3.05) is 0 Å². The van der Waals surface area contributed by atoms with Crippen LogP contribution < -0.4 is 0 Å². The SMILES string of the molecule is CCCC(=O)C(Br)Cc1cc(C)cc(C)c1. The number of alkyl halides is 1. The second-order valence-corrected chi connectivity index (χ2v) is 5.49. The molecule has 1 aromatic rings. The summed E-state index contributed by atoms with van der Waals surface area (Å²) in [5, 5.41) is 0. The van der Waals surface area contributed by atoms with Gasteiger partial charge in [0.1, 0.15) is 5.78 Å². The Morgan fingerprint density at radius 1 is 1.25 bits per heavy atom. The summed E-state index contributed by atoms with van der Waals surface area (Å²) in [6.45, 7) is 6.22. The van der Waals surface area contributed by atoms with E-state index in [9.17, 15) is 4.79 Å². The highest BCUT2D eigenvalue weighted by atomic mass is 79.9. The molecule has 1 nitrogen and oxygen atoms in total. The van der Waals surface area contributed by atoms with Crippen molar-refractivity contribution in [1.29, 1.82) is 0 Å². The number of carbonyl (C=O) groups excluding carboxylic acids is 1. The molecular weight excluding hydrogens is 264 g/mol. The summed E-state index contributed by atoms with van der Waals surface area (Å²) < 4.78 is 0. The predicted octanol–water partition coefficient (Wildman–Crippen LogP) is 3.98. The molecular formula is C14H19BrO. The van der Waals surface area contributed by atoms with Gasteiger partial charge in [-0.3, -0.25) is 4.79 Å². The topological polar surface area (TPSA) is 17.1 Å². The summed E-state index contributed by atoms with van der Waals surface area (Å²) in [4.78, 5) is 11.6. The molecule has 0 bridgehead atoms. The number of rotatable bonds is 5. The fourth-order valence-electron chi connectivity index (χ4n) is 1.91. The summed E-state index contributed by atoms with van der Waals surface area (Å²) in [5.74, 6) is 0.307. The molecule has 1 unspecified atom stereocenters. The Morgan fingerprint density at radius 2 is 1.81 bits per heavy atom. The van der Waals surface area contributed by atoms with E-state index < -0.39 is 0 Å². The Bertz CT molecular complexity index is 351. The lowest BCUT2D eigenvalue weighted by Crippen LogP contribution is -2.16. The molecule has 0 saturated carbocycles. The van der Waals surface area contributed by atoms with E-state index in [0.717, 1.165) is 12.8 Å². The summed E-state index contributed by atoms with van der Waals surface area (Å²) in [6.07, 6.45) is 2.38. The van der Waals surface area contributed by atoms with Crippen molar-refractivity contribution < 1.29 is 4.79 Å². The third-order valence-electron chi connectivity index (χ3n) is 2.54. The third kappa shape index (κ3) is 4.09. The van der Waals surface area contributed by atoms with Crippen molar-refractivity contribution >= 4 is 21.7 Å². The zero-order chi connectivity index (χ0) is 12.1. The maximum absolute atomic E-state index is 11.7. The van der Waals surface area contributed by atoms with E-state index in [4.69, 9.17) is 0 Å². The minimum Gasteiger partial charge on any atom is -0.298 e. The molecule has 0 aromatic heterocycles. The molecule has 0 fully saturated rings. The van der Waals surface area contributed by atoms with Crippen LogP contribution in [0.25, 0.3) is 0 Å². The second-order valence-electron chi connectivity index (χ2n) is 4.38. The molecule has 0 radical (unpaired) electrons. The Balaban J connectivity index is 2.69. The molecule has 0 spiro atoms. The van der Waals surface area contributed by atoms with Crippen LogP contribution in [-0.2, 0) is 11.2 Å². The fraction of sp³-hybridized carbons (Fsp3) is 0.500. The molecule has 1 aromatic carbocycles. The van der Waals surface area contributed by atoms with Gasteiger partial charge in [-0.15, -0.1) is 0 Å². The average Bonchev–Trinajstić information content (AvgIpc) is 2.16. The number of carbonyl (C=O) groups is 1. The van der Waals surface area contributed by atoms with Crippen molar-refractivity contribution in [3.63, 3.8) is 0 Å². The zero-order valence-electron chi connectivity index (χ0n) is 10.2. The number of benzene rings is 1. The van der Waals surface area contributed by atoms with Crippen molar-refractivity contribution in [2.45, 2.75) is 44.9 Å². The van der Waals surface area contributed by atoms with Crippen molar-refractivity contribution in [3.05, 3.63) is 34.9 Å². The first-order valence-corrected chi connectivity index (χ1v) is 6.68. The summed E-state index contributed by atoms with van der Waals surface area (Å²) in [5.41, 5.74) is 3.76. The quantitative estimate of drug-likeness (QED) is 0.747. The lowest BCUT2D eigenvalue weighted by atomic mass is 10.0. The highest BCUT2D eigenvalue weighted by Crippen LogP contribution is 2.16. The number of halogens is 1. The maximum Gasteiger partial charge on any atom is 0.146 e. The van der Waals surface area contributed by atoms with Crippen LogP contribution in [0.4, 0.5) is 0 Å². The number of ketones is 1. The maximum atomic E-state index is 11.7. The number of hydrogen-bond acceptors (Lipinski definition) is 1. The van der Waals surface area contributed by atoms with E-state index in [1.54, 1.807) is 0 Å². The van der Waals surface area contributed by atoms with Gasteiger partial charge in [-0.1, -0.05) is 52.2 Å². The largest absolute Gasteiger partial charge is 0.298 e. The van der Waals surface area contributed by atoms with Crippen LogP contribution in [-0.4, -0.2) is 10.6 Å². The Morgan fingerprint density at radius 3 is 2.31 bits per heavy atom. The molecule has 1 rings (SSSR count). The van der Waals surface area contributed by atoms with Gasteiger partial charge in [-0.25, -0.2) is 0 Å². The molecule has 0 heterocycles. The highest BCUT2D eigenvalue weighted by Gasteiger charge is 2.14. The first kappa shape index (κ1) is 13.4. The van der Waals surface area contributed by atoms with Gasteiger partial charge in [0.25, 0.3) is 0 Å². The van der Waals surface area contributed by atoms with Crippen LogP contribution in [0.15, 0.2) is 18.2 Å². The van der Waals surface area contributed by atoms with Crippen LogP contribution in [0.1, 0.15) is 36.5 Å². The summed E-state index contributed by atoms with van der Waals surface area (Å²) in [7, 11) is 0. The van der Waals surface area contributed by atoms with E-state index >= 15 is 0 Å². The normalized spacial score (nSPS) is 12.5. The minimum absolute atomic E-state index is 0.0337. The van der Waals surface area contributed by atoms with Crippen molar-refractivity contribution in [1.82, 2.24) is 0 Å². The molecule has 2 heteroatoms. The van der Waals surface area contributed by atoms with Crippen molar-refractivity contribution in [2.24, 2.45) is 0 Å². The standard InChI is InChI=1S/C14H19BrO/c1-4-5-14(16)13(15)9-12-7-10(2)6-11(3)8-12/h6-8,13H,4-5,9H2,1-3H3. The minimum atomic E-state index is -0.0337. The Labute approximate surface area is 106 Å². The van der Waals surface area contributed by atoms with Gasteiger partial charge in [0.15, 0.2) is 0 Å². The third-order valence-corrected chi connectivity index (χ3v) is 3.38. The van der Waals surface area contributed by atoms with Gasteiger partial charge < -0.3 is 0 Å². The number of aryl methyl sites for hydroxylation is 2. The van der Waals surface area contributed by atoms with Gasteiger partial charge >= 0.3 is 0 Å². The van der Waals surface area contributed by atoms with Crippen LogP contribution in [0.5, 0.6) is 0 Å². The van der Waals surface area contributed by atoms with Crippen LogP contribution in [0, 0.1) is 13.8 Å². The van der Waals surface area contributed by atoms with Gasteiger partial charge in [0.2, 0.25) is 0 Å². The van der Waals surface area contributed by atoms with E-state index in [0.29, 0.717) is 12.2 Å². The molecule has 88 valence electrons.